The number of hydrogen-bond acceptors (Lipinski definition) is 11. The SMILES string of the molecule is COc1ccc([PH+](c2ccc(OC)cc2OC)c2ccccc2P(=O)(N(C)C)N(C)C)c(OC)c1.COc1ccc([PH+](c2ccc(OC)cc2OC)c2ccccc2P(=O)(N(C)C)N(C)C)c(OC)c1.C[CH+]C.Cc1cc(C)cc([B-](c2cc(C)cc(C(F)(F)F)c2)(c2cc(C)cc(C(F)(F)F)c2)c2cc(C(F)(F)F)cc(C(F)(F)F)c2)c1.Cc1cccc(C)n1.[CH3-].[CH3-].[Cl][Pd+].[Pd]. The summed E-state index contributed by atoms with van der Waals surface area (Å²) in [6.07, 6.45) is -22.3. The summed E-state index contributed by atoms with van der Waals surface area (Å²) in [6.45, 7) is 13.6. The van der Waals surface area contributed by atoms with Gasteiger partial charge >= 0.3 is 52.4 Å². The molecule has 10 aromatic carbocycles. The average Bonchev–Trinajstić information content (AvgIpc) is 0.700. The summed E-state index contributed by atoms with van der Waals surface area (Å²) in [7, 11) is 22.8. The summed E-state index contributed by atoms with van der Waals surface area (Å²) in [5.74, 6) is 5.63. The maximum atomic E-state index is 14.5. The van der Waals surface area contributed by atoms with Crippen LogP contribution in [0.4, 0.5) is 52.7 Å². The van der Waals surface area contributed by atoms with Crippen molar-refractivity contribution in [2.45, 2.75) is 80.1 Å². The van der Waals surface area contributed by atoms with Crippen LogP contribution in [0.3, 0.4) is 0 Å². The van der Waals surface area contributed by atoms with Crippen molar-refractivity contribution < 1.29 is 138 Å². The van der Waals surface area contributed by atoms with Gasteiger partial charge in [0.15, 0.2) is 23.0 Å². The third-order valence-corrected chi connectivity index (χ3v) is 33.1. The Morgan fingerprint density at radius 2 is 0.557 bits per heavy atom. The molecule has 11 aromatic rings. The third kappa shape index (κ3) is 28.4. The van der Waals surface area contributed by atoms with Gasteiger partial charge in [-0.05, 0) is 201 Å². The van der Waals surface area contributed by atoms with E-state index in [4.69, 9.17) is 37.9 Å². The fourth-order valence-electron chi connectivity index (χ4n) is 15.1. The Hall–Kier alpha value is -8.38. The molecule has 0 unspecified atom stereocenters. The van der Waals surface area contributed by atoms with Crippen LogP contribution in [-0.2, 0) is 72.4 Å². The molecule has 0 saturated heterocycles. The second-order valence-electron chi connectivity index (χ2n) is 30.4. The van der Waals surface area contributed by atoms with Crippen molar-refractivity contribution in [2.24, 2.45) is 0 Å². The third-order valence-electron chi connectivity index (χ3n) is 20.6. The molecule has 0 amide bonds. The van der Waals surface area contributed by atoms with Gasteiger partial charge in [0.1, 0.15) is 76.8 Å². The molecule has 11 rings (SSSR count). The second-order valence-corrected chi connectivity index (χ2v) is 41.5. The Kier molecular flexibility index (Phi) is 45.3. The smallest absolute Gasteiger partial charge is 0 e. The molecule has 0 N–H and O–H groups in total. The van der Waals surface area contributed by atoms with Gasteiger partial charge < -0.3 is 52.7 Å². The van der Waals surface area contributed by atoms with Crippen LogP contribution in [0.25, 0.3) is 0 Å². The molecule has 35 heteroatoms. The Morgan fingerprint density at radius 1 is 0.328 bits per heavy atom. The zero-order valence-corrected chi connectivity index (χ0v) is 85.8. The molecule has 0 aliphatic carbocycles. The van der Waals surface area contributed by atoms with Crippen LogP contribution in [0.15, 0.2) is 212 Å². The number of pyridine rings is 1. The fraction of sp³-hybridized carbons (Fsp3) is 0.292. The quantitative estimate of drug-likeness (QED) is 0.0246. The van der Waals surface area contributed by atoms with E-state index in [1.165, 1.54) is 26.0 Å². The molecule has 0 atom stereocenters. The van der Waals surface area contributed by atoms with Crippen LogP contribution in [0, 0.1) is 62.8 Å². The van der Waals surface area contributed by atoms with Crippen LogP contribution in [0.2, 0.25) is 0 Å². The molecule has 0 spiro atoms. The molecular weight excluding hydrogens is 1990 g/mol. The number of methoxy groups -OCH3 is 8. The zero-order chi connectivity index (χ0) is 96.1. The van der Waals surface area contributed by atoms with Crippen molar-refractivity contribution in [1.82, 2.24) is 23.7 Å². The van der Waals surface area contributed by atoms with Gasteiger partial charge in [0.25, 0.3) is 0 Å². The molecule has 15 nitrogen and oxygen atoms in total. The first-order valence-electron chi connectivity index (χ1n) is 39.5. The van der Waals surface area contributed by atoms with E-state index in [1.54, 1.807) is 76.8 Å². The summed E-state index contributed by atoms with van der Waals surface area (Å²) in [6, 6.07) is 55.1. The zero-order valence-electron chi connectivity index (χ0n) is 78.1. The molecule has 131 heavy (non-hydrogen) atoms. The van der Waals surface area contributed by atoms with E-state index in [0.717, 1.165) is 78.1 Å². The number of nitrogens with zero attached hydrogens (tertiary/aromatic N) is 5. The minimum absolute atomic E-state index is 0. The molecule has 0 fully saturated rings. The summed E-state index contributed by atoms with van der Waals surface area (Å²) < 4.78 is 251. The standard InChI is InChI=1S/C32H24BF12.2C26H34N2O5P2.C7H9N.C3H7.2CH3.ClH.2Pd/c1-17-5-18(2)9-25(8-17)33(26-10-19(3)6-21(13-26)29(34,35)36,27-11-20(4)7-22(14-27)30(37,38)39)28-15-23(31(40,41)42)12-24(16-28)32(43,44)45;2*1-27(2)35(29,28(3)4)26-12-10-9-11-25(26)34(23-15-13-19(30-5)17-21(23)32-7)24-16-14-20(31-6)18-22(24)33-8;1-6-4-3-5-7(2)8-6;1-3-2;;;;;/h5-16H,1-4H3;2*9-18H,1-8H3;3-5H,1-2H3;3H,1-2H3;2*1H3;1H;;/q-1;;;;+1;2*-1;;;+2/p+1. The molecular formula is C96H116BClF12N5O10P4Pd2+. The van der Waals surface area contributed by atoms with Crippen molar-refractivity contribution in [3.63, 3.8) is 0 Å². The molecule has 0 bridgehead atoms. The predicted octanol–water partition coefficient (Wildman–Crippen LogP) is 19.2. The summed E-state index contributed by atoms with van der Waals surface area (Å²) >= 11 is 2.22. The number of benzene rings is 10. The second kappa shape index (κ2) is 50.8. The van der Waals surface area contributed by atoms with Gasteiger partial charge in [-0.25, -0.2) is 18.7 Å². The number of aromatic nitrogens is 1. The molecule has 1 heterocycles. The van der Waals surface area contributed by atoms with Crippen molar-refractivity contribution in [3.05, 3.63) is 289 Å². The number of ether oxygens (including phenoxy) is 8. The van der Waals surface area contributed by atoms with E-state index in [-0.39, 0.29) is 57.9 Å². The van der Waals surface area contributed by atoms with E-state index in [1.807, 2.05) is 237 Å². The van der Waals surface area contributed by atoms with E-state index >= 15 is 0 Å². The van der Waals surface area contributed by atoms with Crippen LogP contribution in [-0.4, -0.2) is 143 Å². The van der Waals surface area contributed by atoms with Crippen molar-refractivity contribution in [3.8, 4) is 46.0 Å². The van der Waals surface area contributed by atoms with Crippen molar-refractivity contribution in [2.75, 3.05) is 113 Å². The first-order valence-corrected chi connectivity index (χ1v) is 47.7. The topological polar surface area (TPSA) is 134 Å². The fourth-order valence-corrected chi connectivity index (χ4v) is 26.8. The van der Waals surface area contributed by atoms with Gasteiger partial charge in [0.05, 0.1) is 110 Å². The van der Waals surface area contributed by atoms with Crippen LogP contribution in [0.1, 0.15) is 69.7 Å². The Morgan fingerprint density at radius 3 is 0.779 bits per heavy atom. The molecule has 0 saturated carbocycles. The Balaban J connectivity index is 0.000000471. The maximum absolute atomic E-state index is 14.5. The molecule has 0 aliphatic heterocycles. The first-order chi connectivity index (χ1) is 60.1. The van der Waals surface area contributed by atoms with Gasteiger partial charge in [-0.2, -0.15) is 74.5 Å². The predicted molar refractivity (Wildman–Crippen MR) is 512 cm³/mol. The van der Waals surface area contributed by atoms with Crippen LogP contribution in [0.5, 0.6) is 46.0 Å². The van der Waals surface area contributed by atoms with Crippen LogP contribution < -0.4 is 102 Å². The van der Waals surface area contributed by atoms with Gasteiger partial charge in [0, 0.05) is 56.1 Å². The van der Waals surface area contributed by atoms with Gasteiger partial charge in [-0.15, -0.1) is 0 Å². The average molecular weight is 2110 g/mol. The number of rotatable bonds is 24. The molecule has 1 aromatic heterocycles. The van der Waals surface area contributed by atoms with E-state index in [9.17, 15) is 61.8 Å². The van der Waals surface area contributed by atoms with Crippen LogP contribution >= 0.6 is 40.3 Å². The minimum Gasteiger partial charge on any atom is 0 e. The van der Waals surface area contributed by atoms with Gasteiger partial charge in [0.2, 0.25) is 14.9 Å². The molecule has 0 radical (unpaired) electrons. The number of hydrogen-bond donors (Lipinski definition) is 0. The molecule has 0 aliphatic rings. The largest absolute Gasteiger partial charge is 0 e. The van der Waals surface area contributed by atoms with E-state index in [2.05, 4.69) is 44.8 Å². The minimum atomic E-state index is -5.35. The van der Waals surface area contributed by atoms with Gasteiger partial charge in [-0.1, -0.05) is 107 Å². The number of aryl methyl sites for hydroxylation is 6. The summed E-state index contributed by atoms with van der Waals surface area (Å²) in [5.41, 5.74) is -4.88. The van der Waals surface area contributed by atoms with E-state index in [0.29, 0.717) is 81.4 Å². The number of alkyl halides is 12. The Labute approximate surface area is 796 Å². The maximum Gasteiger partial charge on any atom is 0 e. The van der Waals surface area contributed by atoms with Crippen molar-refractivity contribution >= 4 is 111 Å². The molecule has 718 valence electrons. The normalized spacial score (nSPS) is 11.6. The van der Waals surface area contributed by atoms with E-state index < -0.39 is 100 Å². The number of halogens is 13. The monoisotopic (exact) mass is 2110 g/mol. The van der Waals surface area contributed by atoms with Crippen molar-refractivity contribution in [1.29, 1.82) is 0 Å². The summed E-state index contributed by atoms with van der Waals surface area (Å²) in [5, 5.41) is 7.57. The first kappa shape index (κ1) is 117. The Bertz CT molecular complexity index is 5210. The van der Waals surface area contributed by atoms with Gasteiger partial charge in [-0.3, -0.25) is 14.1 Å². The summed E-state index contributed by atoms with van der Waals surface area (Å²) in [4.78, 5) is 4.17.